The molecule has 2 saturated heterocycles. The van der Waals surface area contributed by atoms with Crippen molar-refractivity contribution in [3.8, 4) is 33.6 Å². The van der Waals surface area contributed by atoms with Gasteiger partial charge in [0.25, 0.3) is 0 Å². The highest BCUT2D eigenvalue weighted by atomic mass is 15.1. The van der Waals surface area contributed by atoms with E-state index < -0.39 is 0 Å². The van der Waals surface area contributed by atoms with Crippen LogP contribution in [0.15, 0.2) is 60.7 Å². The van der Waals surface area contributed by atoms with Gasteiger partial charge in [-0.05, 0) is 73.2 Å². The van der Waals surface area contributed by atoms with E-state index in [1.54, 1.807) is 0 Å². The van der Waals surface area contributed by atoms with Crippen LogP contribution in [0.4, 0.5) is 0 Å². The Morgan fingerprint density at radius 1 is 0.562 bits per heavy atom. The Bertz CT molecular complexity index is 1080. The average Bonchev–Trinajstić information content (AvgIpc) is 3.66. The van der Waals surface area contributed by atoms with E-state index in [1.165, 1.54) is 24.0 Å². The SMILES string of the molecule is c1cc(-c2cc(C3CCCN3)n[nH]2)ccc1-c1ccc(-c2cc(C3CCCN3)n[nH]2)cc1. The lowest BCUT2D eigenvalue weighted by atomic mass is 10.0. The maximum absolute atomic E-state index is 4.52. The maximum atomic E-state index is 4.52. The minimum absolute atomic E-state index is 0.387. The fourth-order valence-electron chi connectivity index (χ4n) is 4.89. The molecule has 4 N–H and O–H groups in total. The Hall–Kier alpha value is -3.22. The minimum atomic E-state index is 0.387. The van der Waals surface area contributed by atoms with Crippen LogP contribution in [0.2, 0.25) is 0 Å². The van der Waals surface area contributed by atoms with E-state index in [0.717, 1.165) is 59.8 Å². The van der Waals surface area contributed by atoms with Crippen molar-refractivity contribution in [2.75, 3.05) is 13.1 Å². The van der Waals surface area contributed by atoms with Gasteiger partial charge in [-0.1, -0.05) is 48.5 Å². The zero-order valence-corrected chi connectivity index (χ0v) is 18.1. The van der Waals surface area contributed by atoms with Gasteiger partial charge in [0, 0.05) is 0 Å². The summed E-state index contributed by atoms with van der Waals surface area (Å²) in [5, 5.41) is 22.5. The van der Waals surface area contributed by atoms with Gasteiger partial charge in [0.2, 0.25) is 0 Å². The molecule has 2 unspecified atom stereocenters. The van der Waals surface area contributed by atoms with Crippen LogP contribution in [-0.4, -0.2) is 33.5 Å². The maximum Gasteiger partial charge on any atom is 0.0798 e. The number of H-pyrrole nitrogens is 2. The summed E-state index contributed by atoms with van der Waals surface area (Å²) >= 11 is 0. The number of nitrogens with zero attached hydrogens (tertiary/aromatic N) is 2. The molecule has 2 aliphatic heterocycles. The predicted octanol–water partition coefficient (Wildman–Crippen LogP) is 4.98. The highest BCUT2D eigenvalue weighted by Gasteiger charge is 2.20. The molecular formula is C26H28N6. The zero-order chi connectivity index (χ0) is 21.3. The first-order valence-corrected chi connectivity index (χ1v) is 11.6. The largest absolute Gasteiger partial charge is 0.309 e. The topological polar surface area (TPSA) is 81.4 Å². The molecule has 0 spiro atoms. The van der Waals surface area contributed by atoms with E-state index >= 15 is 0 Å². The number of hydrogen-bond acceptors (Lipinski definition) is 4. The van der Waals surface area contributed by atoms with Gasteiger partial charge in [-0.3, -0.25) is 10.2 Å². The number of aromatic nitrogens is 4. The van der Waals surface area contributed by atoms with Crippen molar-refractivity contribution in [3.63, 3.8) is 0 Å². The lowest BCUT2D eigenvalue weighted by Gasteiger charge is -2.06. The molecule has 0 amide bonds. The average molecular weight is 425 g/mol. The quantitative estimate of drug-likeness (QED) is 0.364. The molecule has 0 bridgehead atoms. The molecule has 2 aliphatic rings. The van der Waals surface area contributed by atoms with Crippen LogP contribution in [0.1, 0.15) is 49.2 Å². The van der Waals surface area contributed by atoms with Gasteiger partial charge in [-0.25, -0.2) is 0 Å². The van der Waals surface area contributed by atoms with E-state index in [4.69, 9.17) is 0 Å². The molecule has 6 nitrogen and oxygen atoms in total. The summed E-state index contributed by atoms with van der Waals surface area (Å²) in [7, 11) is 0. The van der Waals surface area contributed by atoms with Crippen molar-refractivity contribution in [2.45, 2.75) is 37.8 Å². The van der Waals surface area contributed by atoms with Crippen molar-refractivity contribution in [3.05, 3.63) is 72.1 Å². The van der Waals surface area contributed by atoms with Crippen LogP contribution in [-0.2, 0) is 0 Å². The second kappa shape index (κ2) is 8.37. The Morgan fingerprint density at radius 3 is 1.34 bits per heavy atom. The van der Waals surface area contributed by atoms with Crippen molar-refractivity contribution >= 4 is 0 Å². The van der Waals surface area contributed by atoms with E-state index in [9.17, 15) is 0 Å². The van der Waals surface area contributed by atoms with E-state index in [0.29, 0.717) is 12.1 Å². The highest BCUT2D eigenvalue weighted by molar-refractivity contribution is 5.71. The summed E-state index contributed by atoms with van der Waals surface area (Å²) in [6, 6.07) is 22.5. The standard InChI is InChI=1S/C26H28N6/c1-3-21(27-13-1)25-15-23(29-31-25)19-9-5-17(6-10-19)18-7-11-20(12-8-18)24-16-26(32-30-24)22-4-2-14-28-22/h5-12,15-16,21-22,27-28H,1-4,13-14H2,(H,29,31)(H,30,32). The van der Waals surface area contributed by atoms with Gasteiger partial charge in [-0.2, -0.15) is 10.2 Å². The fraction of sp³-hybridized carbons (Fsp3) is 0.308. The summed E-state index contributed by atoms with van der Waals surface area (Å²) < 4.78 is 0. The lowest BCUT2D eigenvalue weighted by Crippen LogP contribution is -2.12. The molecule has 2 aromatic heterocycles. The van der Waals surface area contributed by atoms with Crippen LogP contribution < -0.4 is 10.6 Å². The number of aromatic amines is 2. The lowest BCUT2D eigenvalue weighted by molar-refractivity contribution is 0.625. The first kappa shape index (κ1) is 19.5. The molecule has 2 atom stereocenters. The Morgan fingerprint density at radius 2 is 0.969 bits per heavy atom. The first-order chi connectivity index (χ1) is 15.8. The molecule has 6 rings (SSSR count). The summed E-state index contributed by atoms with van der Waals surface area (Å²) in [4.78, 5) is 0. The number of nitrogens with one attached hydrogen (secondary N) is 4. The molecule has 0 radical (unpaired) electrons. The molecule has 4 heterocycles. The van der Waals surface area contributed by atoms with Gasteiger partial charge < -0.3 is 10.6 Å². The summed E-state index contributed by atoms with van der Waals surface area (Å²) in [5.74, 6) is 0. The third-order valence-electron chi connectivity index (χ3n) is 6.76. The van der Waals surface area contributed by atoms with Gasteiger partial charge in [0.05, 0.1) is 34.9 Å². The molecule has 6 heteroatoms. The molecule has 4 aromatic rings. The van der Waals surface area contributed by atoms with Gasteiger partial charge in [0.15, 0.2) is 0 Å². The molecule has 0 saturated carbocycles. The third-order valence-corrected chi connectivity index (χ3v) is 6.76. The van der Waals surface area contributed by atoms with Crippen molar-refractivity contribution in [2.24, 2.45) is 0 Å². The van der Waals surface area contributed by atoms with Gasteiger partial charge in [0.1, 0.15) is 0 Å². The predicted molar refractivity (Wildman–Crippen MR) is 127 cm³/mol. The van der Waals surface area contributed by atoms with E-state index in [1.807, 2.05) is 0 Å². The summed E-state index contributed by atoms with van der Waals surface area (Å²) in [6.07, 6.45) is 4.77. The second-order valence-corrected chi connectivity index (χ2v) is 8.87. The molecule has 0 aliphatic carbocycles. The zero-order valence-electron chi connectivity index (χ0n) is 18.1. The molecule has 32 heavy (non-hydrogen) atoms. The highest BCUT2D eigenvalue weighted by Crippen LogP contribution is 2.30. The van der Waals surface area contributed by atoms with Crippen molar-refractivity contribution in [1.29, 1.82) is 0 Å². The number of benzene rings is 2. The Kier molecular flexibility index (Phi) is 5.09. The van der Waals surface area contributed by atoms with Crippen molar-refractivity contribution in [1.82, 2.24) is 31.0 Å². The number of rotatable bonds is 5. The van der Waals surface area contributed by atoms with E-state index in [-0.39, 0.29) is 0 Å². The minimum Gasteiger partial charge on any atom is -0.309 e. The van der Waals surface area contributed by atoms with E-state index in [2.05, 4.69) is 91.7 Å². The second-order valence-electron chi connectivity index (χ2n) is 8.87. The first-order valence-electron chi connectivity index (χ1n) is 11.6. The summed E-state index contributed by atoms with van der Waals surface area (Å²) in [5.41, 5.74) is 9.10. The van der Waals surface area contributed by atoms with Crippen LogP contribution in [0, 0.1) is 0 Å². The third kappa shape index (κ3) is 3.76. The van der Waals surface area contributed by atoms with Crippen molar-refractivity contribution < 1.29 is 0 Å². The molecule has 162 valence electrons. The normalized spacial score (nSPS) is 20.8. The number of hydrogen-bond donors (Lipinski definition) is 4. The van der Waals surface area contributed by atoms with Gasteiger partial charge in [-0.15, -0.1) is 0 Å². The smallest absolute Gasteiger partial charge is 0.0798 e. The van der Waals surface area contributed by atoms with Crippen LogP contribution in [0.25, 0.3) is 33.6 Å². The summed E-state index contributed by atoms with van der Waals surface area (Å²) in [6.45, 7) is 2.17. The fourth-order valence-corrected chi connectivity index (χ4v) is 4.89. The molecule has 2 fully saturated rings. The van der Waals surface area contributed by atoms with Crippen LogP contribution in [0.5, 0.6) is 0 Å². The van der Waals surface area contributed by atoms with Crippen LogP contribution in [0.3, 0.4) is 0 Å². The molecular weight excluding hydrogens is 396 g/mol. The molecule has 2 aromatic carbocycles. The van der Waals surface area contributed by atoms with Crippen LogP contribution >= 0.6 is 0 Å². The Balaban J connectivity index is 1.17. The Labute approximate surface area is 187 Å². The monoisotopic (exact) mass is 424 g/mol. The van der Waals surface area contributed by atoms with Gasteiger partial charge >= 0.3 is 0 Å².